The summed E-state index contributed by atoms with van der Waals surface area (Å²) in [5.41, 5.74) is 1.12. The summed E-state index contributed by atoms with van der Waals surface area (Å²) in [7, 11) is 0. The number of hydrogen-bond acceptors (Lipinski definition) is 5. The van der Waals surface area contributed by atoms with Crippen LogP contribution in [0.3, 0.4) is 0 Å². The number of amides is 1. The maximum atomic E-state index is 12.1. The zero-order valence-corrected chi connectivity index (χ0v) is 13.4. The van der Waals surface area contributed by atoms with Crippen LogP contribution in [-0.4, -0.2) is 36.7 Å². The van der Waals surface area contributed by atoms with Crippen LogP contribution in [0, 0.1) is 0 Å². The number of aromatic nitrogens is 1. The number of anilines is 1. The van der Waals surface area contributed by atoms with Crippen molar-refractivity contribution in [2.24, 2.45) is 0 Å². The summed E-state index contributed by atoms with van der Waals surface area (Å²) in [6.07, 6.45) is 2.53. The quantitative estimate of drug-likeness (QED) is 0.898. The lowest BCUT2D eigenvalue weighted by Gasteiger charge is -2.22. The molecule has 1 aliphatic rings. The monoisotopic (exact) mass is 337 g/mol. The minimum Gasteiger partial charge on any atom is -0.378 e. The first-order valence-corrected chi connectivity index (χ1v) is 8.21. The standard InChI is InChI=1S/C15H16ClN3O2S/c16-11-3-1-2-10(6-11)7-12-8-18-15(22-12)19-14(20)13-9-21-5-4-17-13/h1-3,6,8,13,17H,4-5,7,9H2,(H,18,19,20). The van der Waals surface area contributed by atoms with Crippen molar-refractivity contribution in [1.29, 1.82) is 0 Å². The number of thiazole rings is 1. The van der Waals surface area contributed by atoms with E-state index in [1.165, 1.54) is 11.3 Å². The van der Waals surface area contributed by atoms with E-state index in [0.717, 1.165) is 21.9 Å². The Morgan fingerprint density at radius 3 is 3.23 bits per heavy atom. The van der Waals surface area contributed by atoms with E-state index >= 15 is 0 Å². The van der Waals surface area contributed by atoms with Gasteiger partial charge < -0.3 is 15.4 Å². The van der Waals surface area contributed by atoms with Gasteiger partial charge in [0.15, 0.2) is 5.13 Å². The van der Waals surface area contributed by atoms with Crippen LogP contribution in [-0.2, 0) is 16.0 Å². The predicted molar refractivity (Wildman–Crippen MR) is 87.6 cm³/mol. The number of halogens is 1. The third-order valence-electron chi connectivity index (χ3n) is 3.29. The normalized spacial score (nSPS) is 18.1. The largest absolute Gasteiger partial charge is 0.378 e. The van der Waals surface area contributed by atoms with Crippen molar-refractivity contribution in [3.63, 3.8) is 0 Å². The molecule has 0 radical (unpaired) electrons. The number of rotatable bonds is 4. The van der Waals surface area contributed by atoms with Crippen molar-refractivity contribution in [3.8, 4) is 0 Å². The molecule has 2 heterocycles. The SMILES string of the molecule is O=C(Nc1ncc(Cc2cccc(Cl)c2)s1)C1COCCN1. The van der Waals surface area contributed by atoms with Gasteiger partial charge in [-0.2, -0.15) is 0 Å². The third-order valence-corrected chi connectivity index (χ3v) is 4.44. The van der Waals surface area contributed by atoms with Crippen molar-refractivity contribution >= 4 is 34.0 Å². The second-order valence-corrected chi connectivity index (χ2v) is 6.56. The molecule has 116 valence electrons. The zero-order valence-electron chi connectivity index (χ0n) is 11.8. The van der Waals surface area contributed by atoms with E-state index in [4.69, 9.17) is 16.3 Å². The Hall–Kier alpha value is -1.47. The van der Waals surface area contributed by atoms with Crippen LogP contribution in [0.2, 0.25) is 5.02 Å². The van der Waals surface area contributed by atoms with Crippen molar-refractivity contribution < 1.29 is 9.53 Å². The average Bonchev–Trinajstić information content (AvgIpc) is 2.95. The number of carbonyl (C=O) groups excluding carboxylic acids is 1. The molecule has 0 spiro atoms. The Kier molecular flexibility index (Phi) is 5.04. The van der Waals surface area contributed by atoms with Gasteiger partial charge in [0.1, 0.15) is 6.04 Å². The number of ether oxygens (including phenoxy) is 1. The van der Waals surface area contributed by atoms with Gasteiger partial charge in [0.2, 0.25) is 5.91 Å². The second kappa shape index (κ2) is 7.19. The molecular weight excluding hydrogens is 322 g/mol. The van der Waals surface area contributed by atoms with Gasteiger partial charge in [-0.15, -0.1) is 11.3 Å². The molecule has 3 rings (SSSR count). The van der Waals surface area contributed by atoms with Gasteiger partial charge in [0, 0.05) is 29.1 Å². The molecule has 1 aliphatic heterocycles. The first kappa shape index (κ1) is 15.4. The van der Waals surface area contributed by atoms with Gasteiger partial charge in [-0.3, -0.25) is 4.79 Å². The van der Waals surface area contributed by atoms with E-state index in [9.17, 15) is 4.79 Å². The summed E-state index contributed by atoms with van der Waals surface area (Å²) in [6.45, 7) is 1.73. The van der Waals surface area contributed by atoms with Crippen LogP contribution >= 0.6 is 22.9 Å². The van der Waals surface area contributed by atoms with Crippen LogP contribution in [0.4, 0.5) is 5.13 Å². The molecule has 0 bridgehead atoms. The second-order valence-electron chi connectivity index (χ2n) is 5.01. The highest BCUT2D eigenvalue weighted by atomic mass is 35.5. The molecule has 0 aliphatic carbocycles. The molecule has 1 aromatic heterocycles. The third kappa shape index (κ3) is 4.04. The van der Waals surface area contributed by atoms with Crippen molar-refractivity contribution in [3.05, 3.63) is 45.9 Å². The molecule has 1 aromatic carbocycles. The fraction of sp³-hybridized carbons (Fsp3) is 0.333. The van der Waals surface area contributed by atoms with Crippen LogP contribution in [0.5, 0.6) is 0 Å². The molecular formula is C15H16ClN3O2S. The highest BCUT2D eigenvalue weighted by Gasteiger charge is 2.21. The van der Waals surface area contributed by atoms with Gasteiger partial charge in [-0.05, 0) is 17.7 Å². The summed E-state index contributed by atoms with van der Waals surface area (Å²) >= 11 is 7.45. The molecule has 1 unspecified atom stereocenters. The van der Waals surface area contributed by atoms with E-state index in [1.54, 1.807) is 6.20 Å². The van der Waals surface area contributed by atoms with E-state index < -0.39 is 0 Å². The van der Waals surface area contributed by atoms with Crippen molar-refractivity contribution in [2.75, 3.05) is 25.1 Å². The lowest BCUT2D eigenvalue weighted by Crippen LogP contribution is -2.48. The van der Waals surface area contributed by atoms with Gasteiger partial charge >= 0.3 is 0 Å². The fourth-order valence-electron chi connectivity index (χ4n) is 2.22. The van der Waals surface area contributed by atoms with Gasteiger partial charge in [0.25, 0.3) is 0 Å². The summed E-state index contributed by atoms with van der Waals surface area (Å²) < 4.78 is 5.28. The molecule has 1 amide bonds. The molecule has 22 heavy (non-hydrogen) atoms. The van der Waals surface area contributed by atoms with Crippen molar-refractivity contribution in [1.82, 2.24) is 10.3 Å². The lowest BCUT2D eigenvalue weighted by atomic mass is 10.1. The van der Waals surface area contributed by atoms with Gasteiger partial charge in [0.05, 0.1) is 13.2 Å². The van der Waals surface area contributed by atoms with E-state index in [2.05, 4.69) is 15.6 Å². The minimum absolute atomic E-state index is 0.108. The smallest absolute Gasteiger partial charge is 0.245 e. The van der Waals surface area contributed by atoms with E-state index in [0.29, 0.717) is 24.9 Å². The van der Waals surface area contributed by atoms with Crippen LogP contribution in [0.1, 0.15) is 10.4 Å². The Labute approximate surface area is 137 Å². The number of carbonyl (C=O) groups is 1. The van der Waals surface area contributed by atoms with E-state index in [1.807, 2.05) is 24.3 Å². The fourth-order valence-corrected chi connectivity index (χ4v) is 3.28. The first-order chi connectivity index (χ1) is 10.7. The highest BCUT2D eigenvalue weighted by molar-refractivity contribution is 7.15. The summed E-state index contributed by atoms with van der Waals surface area (Å²) in [4.78, 5) is 17.4. The molecule has 2 aromatic rings. The minimum atomic E-state index is -0.311. The first-order valence-electron chi connectivity index (χ1n) is 7.02. The van der Waals surface area contributed by atoms with Crippen LogP contribution in [0.25, 0.3) is 0 Å². The molecule has 0 saturated carbocycles. The molecule has 7 heteroatoms. The highest BCUT2D eigenvalue weighted by Crippen LogP contribution is 2.22. The Bertz CT molecular complexity index is 656. The number of morpholine rings is 1. The lowest BCUT2D eigenvalue weighted by molar-refractivity contribution is -0.120. The molecule has 1 fully saturated rings. The summed E-state index contributed by atoms with van der Waals surface area (Å²) in [6, 6.07) is 7.42. The van der Waals surface area contributed by atoms with Crippen LogP contribution < -0.4 is 10.6 Å². The Balaban J connectivity index is 1.60. The van der Waals surface area contributed by atoms with Gasteiger partial charge in [-0.1, -0.05) is 23.7 Å². The van der Waals surface area contributed by atoms with E-state index in [-0.39, 0.29) is 11.9 Å². The molecule has 2 N–H and O–H groups in total. The number of hydrogen-bond donors (Lipinski definition) is 2. The van der Waals surface area contributed by atoms with Crippen molar-refractivity contribution in [2.45, 2.75) is 12.5 Å². The number of nitrogens with zero attached hydrogens (tertiary/aromatic N) is 1. The zero-order chi connectivity index (χ0) is 15.4. The number of nitrogens with one attached hydrogen (secondary N) is 2. The molecule has 1 saturated heterocycles. The molecule has 1 atom stereocenters. The van der Waals surface area contributed by atoms with Crippen LogP contribution in [0.15, 0.2) is 30.5 Å². The maximum Gasteiger partial charge on any atom is 0.245 e. The Morgan fingerprint density at radius 1 is 1.55 bits per heavy atom. The summed E-state index contributed by atoms with van der Waals surface area (Å²) in [5.74, 6) is -0.108. The maximum absolute atomic E-state index is 12.1. The summed E-state index contributed by atoms with van der Waals surface area (Å²) in [5, 5.41) is 7.27. The Morgan fingerprint density at radius 2 is 2.45 bits per heavy atom. The number of benzene rings is 1. The van der Waals surface area contributed by atoms with Gasteiger partial charge in [-0.25, -0.2) is 4.98 Å². The topological polar surface area (TPSA) is 63.2 Å². The predicted octanol–water partition coefficient (Wildman–Crippen LogP) is 2.31. The average molecular weight is 338 g/mol. The molecule has 5 nitrogen and oxygen atoms in total.